The first-order valence-electron chi connectivity index (χ1n) is 6.59. The van der Waals surface area contributed by atoms with E-state index in [4.69, 9.17) is 0 Å². The molecule has 2 heteroatoms. The van der Waals surface area contributed by atoms with E-state index in [1.54, 1.807) is 0 Å². The van der Waals surface area contributed by atoms with E-state index in [0.717, 1.165) is 12.5 Å². The summed E-state index contributed by atoms with van der Waals surface area (Å²) in [5.41, 5.74) is 1.52. The highest BCUT2D eigenvalue weighted by Crippen LogP contribution is 2.35. The molecule has 1 unspecified atom stereocenters. The average molecular weight is 237 g/mol. The summed E-state index contributed by atoms with van der Waals surface area (Å²) in [5, 5.41) is 6.03. The molecule has 0 saturated heterocycles. The third kappa shape index (κ3) is 2.86. The van der Waals surface area contributed by atoms with Gasteiger partial charge in [-0.2, -0.15) is 0 Å². The van der Waals surface area contributed by atoms with E-state index in [-0.39, 0.29) is 0 Å². The summed E-state index contributed by atoms with van der Waals surface area (Å²) in [4.78, 5) is 1.44. The molecular formula is C14H23NS. The molecule has 0 spiro atoms. The van der Waals surface area contributed by atoms with Gasteiger partial charge in [-0.15, -0.1) is 11.3 Å². The fraction of sp³-hybridized carbons (Fsp3) is 0.714. The normalized spacial score (nSPS) is 19.9. The van der Waals surface area contributed by atoms with Gasteiger partial charge in [-0.3, -0.25) is 0 Å². The van der Waals surface area contributed by atoms with E-state index in [1.807, 2.05) is 11.3 Å². The molecule has 90 valence electrons. The molecule has 0 bridgehead atoms. The highest BCUT2D eigenvalue weighted by atomic mass is 32.1. The zero-order valence-corrected chi connectivity index (χ0v) is 11.3. The van der Waals surface area contributed by atoms with Gasteiger partial charge in [0.05, 0.1) is 0 Å². The largest absolute Gasteiger partial charge is 0.310 e. The Morgan fingerprint density at radius 3 is 2.69 bits per heavy atom. The van der Waals surface area contributed by atoms with Gasteiger partial charge < -0.3 is 5.32 Å². The number of hydrogen-bond donors (Lipinski definition) is 1. The molecule has 1 atom stereocenters. The highest BCUT2D eigenvalue weighted by Gasteiger charge is 2.24. The Balaban J connectivity index is 2.09. The van der Waals surface area contributed by atoms with Crippen molar-refractivity contribution in [2.75, 3.05) is 6.54 Å². The van der Waals surface area contributed by atoms with Crippen molar-refractivity contribution in [2.45, 2.75) is 52.0 Å². The Morgan fingerprint density at radius 1 is 1.38 bits per heavy atom. The van der Waals surface area contributed by atoms with E-state index in [0.29, 0.717) is 6.04 Å². The SMILES string of the molecule is CCNC(c1csc(C)c1)C1CCCCC1. The molecule has 1 aromatic rings. The lowest BCUT2D eigenvalue weighted by atomic mass is 9.81. The smallest absolute Gasteiger partial charge is 0.0356 e. The van der Waals surface area contributed by atoms with Gasteiger partial charge in [0.2, 0.25) is 0 Å². The molecule has 0 amide bonds. The second kappa shape index (κ2) is 5.83. The number of hydrogen-bond acceptors (Lipinski definition) is 2. The molecule has 1 heterocycles. The Bertz CT molecular complexity index is 312. The van der Waals surface area contributed by atoms with Crippen molar-refractivity contribution in [3.05, 3.63) is 21.9 Å². The first-order valence-corrected chi connectivity index (χ1v) is 7.47. The summed E-state index contributed by atoms with van der Waals surface area (Å²) in [6, 6.07) is 2.97. The average Bonchev–Trinajstić information content (AvgIpc) is 2.74. The summed E-state index contributed by atoms with van der Waals surface area (Å²) >= 11 is 1.88. The van der Waals surface area contributed by atoms with Crippen molar-refractivity contribution in [3.8, 4) is 0 Å². The number of nitrogens with one attached hydrogen (secondary N) is 1. The summed E-state index contributed by atoms with van der Waals surface area (Å²) < 4.78 is 0. The van der Waals surface area contributed by atoms with Crippen LogP contribution in [0.25, 0.3) is 0 Å². The Morgan fingerprint density at radius 2 is 2.12 bits per heavy atom. The van der Waals surface area contributed by atoms with Crippen LogP contribution < -0.4 is 5.32 Å². The van der Waals surface area contributed by atoms with Gasteiger partial charge in [0.1, 0.15) is 0 Å². The molecule has 0 radical (unpaired) electrons. The Labute approximate surface area is 103 Å². The molecule has 1 N–H and O–H groups in total. The van der Waals surface area contributed by atoms with Gasteiger partial charge in [0.15, 0.2) is 0 Å². The van der Waals surface area contributed by atoms with Gasteiger partial charge >= 0.3 is 0 Å². The molecule has 1 saturated carbocycles. The van der Waals surface area contributed by atoms with Gasteiger partial charge in [-0.1, -0.05) is 26.2 Å². The van der Waals surface area contributed by atoms with Crippen LogP contribution in [0.15, 0.2) is 11.4 Å². The Kier molecular flexibility index (Phi) is 4.42. The van der Waals surface area contributed by atoms with E-state index in [1.165, 1.54) is 42.5 Å². The molecule has 1 aliphatic carbocycles. The lowest BCUT2D eigenvalue weighted by Gasteiger charge is -2.30. The minimum atomic E-state index is 0.607. The van der Waals surface area contributed by atoms with Crippen molar-refractivity contribution in [1.29, 1.82) is 0 Å². The molecule has 1 aromatic heterocycles. The van der Waals surface area contributed by atoms with E-state index < -0.39 is 0 Å². The van der Waals surface area contributed by atoms with E-state index in [2.05, 4.69) is 30.6 Å². The van der Waals surface area contributed by atoms with Crippen LogP contribution in [0, 0.1) is 12.8 Å². The summed E-state index contributed by atoms with van der Waals surface area (Å²) in [6.07, 6.45) is 7.11. The van der Waals surface area contributed by atoms with Crippen LogP contribution in [0.1, 0.15) is 55.5 Å². The zero-order valence-electron chi connectivity index (χ0n) is 10.5. The first-order chi connectivity index (χ1) is 7.81. The molecule has 2 rings (SSSR count). The quantitative estimate of drug-likeness (QED) is 0.824. The minimum absolute atomic E-state index is 0.607. The second-order valence-corrected chi connectivity index (χ2v) is 6.04. The molecule has 16 heavy (non-hydrogen) atoms. The van der Waals surface area contributed by atoms with Crippen molar-refractivity contribution in [1.82, 2.24) is 5.32 Å². The number of rotatable bonds is 4. The van der Waals surface area contributed by atoms with Gasteiger partial charge in [0, 0.05) is 10.9 Å². The fourth-order valence-corrected chi connectivity index (χ4v) is 3.61. The van der Waals surface area contributed by atoms with Crippen molar-refractivity contribution in [2.24, 2.45) is 5.92 Å². The van der Waals surface area contributed by atoms with Crippen LogP contribution in [0.3, 0.4) is 0 Å². The minimum Gasteiger partial charge on any atom is -0.310 e. The van der Waals surface area contributed by atoms with Gasteiger partial charge in [0.25, 0.3) is 0 Å². The first kappa shape index (κ1) is 12.1. The van der Waals surface area contributed by atoms with Gasteiger partial charge in [-0.05, 0) is 49.2 Å². The molecule has 0 aromatic carbocycles. The topological polar surface area (TPSA) is 12.0 Å². The maximum absolute atomic E-state index is 3.69. The number of thiophene rings is 1. The van der Waals surface area contributed by atoms with Crippen molar-refractivity contribution in [3.63, 3.8) is 0 Å². The molecular weight excluding hydrogens is 214 g/mol. The maximum Gasteiger partial charge on any atom is 0.0356 e. The van der Waals surface area contributed by atoms with Crippen LogP contribution in [0.2, 0.25) is 0 Å². The second-order valence-electron chi connectivity index (χ2n) is 4.92. The standard InChI is InChI=1S/C14H23NS/c1-3-15-14(12-7-5-4-6-8-12)13-9-11(2)16-10-13/h9-10,12,14-15H,3-8H2,1-2H3. The van der Waals surface area contributed by atoms with E-state index in [9.17, 15) is 0 Å². The predicted molar refractivity (Wildman–Crippen MR) is 72.0 cm³/mol. The number of aryl methyl sites for hydroxylation is 1. The third-order valence-corrected chi connectivity index (χ3v) is 4.53. The van der Waals surface area contributed by atoms with Crippen molar-refractivity contribution >= 4 is 11.3 Å². The summed E-state index contributed by atoms with van der Waals surface area (Å²) in [6.45, 7) is 5.50. The molecule has 1 aliphatic rings. The van der Waals surface area contributed by atoms with E-state index >= 15 is 0 Å². The monoisotopic (exact) mass is 237 g/mol. The van der Waals surface area contributed by atoms with Crippen LogP contribution in [0.4, 0.5) is 0 Å². The highest BCUT2D eigenvalue weighted by molar-refractivity contribution is 7.10. The fourth-order valence-electron chi connectivity index (χ4n) is 2.87. The summed E-state index contributed by atoms with van der Waals surface area (Å²) in [5.74, 6) is 0.864. The van der Waals surface area contributed by atoms with Crippen LogP contribution in [-0.2, 0) is 0 Å². The molecule has 0 aliphatic heterocycles. The van der Waals surface area contributed by atoms with Crippen LogP contribution in [0.5, 0.6) is 0 Å². The van der Waals surface area contributed by atoms with Crippen LogP contribution in [-0.4, -0.2) is 6.54 Å². The molecule has 1 fully saturated rings. The van der Waals surface area contributed by atoms with Gasteiger partial charge in [-0.25, -0.2) is 0 Å². The predicted octanol–water partition coefficient (Wildman–Crippen LogP) is 4.29. The molecule has 1 nitrogen and oxygen atoms in total. The lowest BCUT2D eigenvalue weighted by Crippen LogP contribution is -2.29. The zero-order chi connectivity index (χ0) is 11.4. The maximum atomic E-state index is 3.69. The summed E-state index contributed by atoms with van der Waals surface area (Å²) in [7, 11) is 0. The van der Waals surface area contributed by atoms with Crippen LogP contribution >= 0.6 is 11.3 Å². The lowest BCUT2D eigenvalue weighted by molar-refractivity contribution is 0.275. The van der Waals surface area contributed by atoms with Crippen molar-refractivity contribution < 1.29 is 0 Å². The third-order valence-electron chi connectivity index (χ3n) is 3.66. The Hall–Kier alpha value is -0.340.